The Balaban J connectivity index is 2.19. The van der Waals surface area contributed by atoms with E-state index in [0.717, 1.165) is 32.7 Å². The molecule has 0 unspecified atom stereocenters. The molecule has 1 heterocycles. The zero-order chi connectivity index (χ0) is 9.68. The molecule has 0 amide bonds. The van der Waals surface area contributed by atoms with Crippen molar-refractivity contribution in [3.63, 3.8) is 0 Å². The van der Waals surface area contributed by atoms with Crippen molar-refractivity contribution in [2.24, 2.45) is 0 Å². The minimum atomic E-state index is -0.248. The minimum Gasteiger partial charge on any atom is -0.392 e. The molecule has 13 heavy (non-hydrogen) atoms. The Morgan fingerprint density at radius 1 is 1.31 bits per heavy atom. The first kappa shape index (κ1) is 10.5. The number of hydrogen-bond donors (Lipinski definition) is 1. The fourth-order valence-corrected chi connectivity index (χ4v) is 1.60. The van der Waals surface area contributed by atoms with Crippen LogP contribution in [0, 0.1) is 11.3 Å². The van der Waals surface area contributed by atoms with Gasteiger partial charge in [0.15, 0.2) is 0 Å². The molecule has 1 rings (SSSR count). The van der Waals surface area contributed by atoms with E-state index in [-0.39, 0.29) is 6.10 Å². The number of piperazine rings is 1. The highest BCUT2D eigenvalue weighted by atomic mass is 16.3. The Morgan fingerprint density at radius 2 is 1.85 bits per heavy atom. The maximum Gasteiger partial charge on any atom is 0.0866 e. The first-order valence-electron chi connectivity index (χ1n) is 4.72. The first-order valence-corrected chi connectivity index (χ1v) is 4.72. The zero-order valence-corrected chi connectivity index (χ0v) is 8.11. The van der Waals surface area contributed by atoms with E-state index >= 15 is 0 Å². The van der Waals surface area contributed by atoms with E-state index in [2.05, 4.69) is 15.9 Å². The van der Waals surface area contributed by atoms with Crippen LogP contribution >= 0.6 is 0 Å². The Hall–Kier alpha value is -0.630. The second-order valence-corrected chi connectivity index (χ2v) is 3.58. The first-order chi connectivity index (χ1) is 6.22. The molecule has 0 aliphatic carbocycles. The molecule has 0 aromatic rings. The van der Waals surface area contributed by atoms with Gasteiger partial charge in [0.1, 0.15) is 0 Å². The van der Waals surface area contributed by atoms with E-state index in [1.165, 1.54) is 0 Å². The summed E-state index contributed by atoms with van der Waals surface area (Å²) in [5.74, 6) is 0. The maximum atomic E-state index is 9.17. The van der Waals surface area contributed by atoms with Gasteiger partial charge < -0.3 is 5.11 Å². The quantitative estimate of drug-likeness (QED) is 0.600. The molecular formula is C9H17N3O. The van der Waals surface area contributed by atoms with Gasteiger partial charge in [0.25, 0.3) is 0 Å². The van der Waals surface area contributed by atoms with E-state index in [0.29, 0.717) is 6.54 Å². The Labute approximate surface area is 79.4 Å². The van der Waals surface area contributed by atoms with E-state index < -0.39 is 0 Å². The van der Waals surface area contributed by atoms with Crippen molar-refractivity contribution in [1.29, 1.82) is 5.26 Å². The molecule has 0 saturated carbocycles. The molecule has 4 heteroatoms. The van der Waals surface area contributed by atoms with Gasteiger partial charge in [-0.3, -0.25) is 9.80 Å². The third kappa shape index (κ3) is 3.73. The van der Waals surface area contributed by atoms with Crippen LogP contribution in [-0.2, 0) is 0 Å². The Morgan fingerprint density at radius 3 is 2.31 bits per heavy atom. The SMILES string of the molecule is C[C@@H](O)CN1CCN(CC#N)CC1. The van der Waals surface area contributed by atoms with Gasteiger partial charge in [-0.2, -0.15) is 5.26 Å². The molecule has 1 aliphatic rings. The third-order valence-corrected chi connectivity index (χ3v) is 2.28. The van der Waals surface area contributed by atoms with Crippen molar-refractivity contribution >= 4 is 0 Å². The standard InChI is InChI=1S/C9H17N3O/c1-9(13)8-12-6-4-11(3-2-10)5-7-12/h9,13H,3-8H2,1H3/t9-/m1/s1. The average Bonchev–Trinajstić information content (AvgIpc) is 2.08. The van der Waals surface area contributed by atoms with Crippen LogP contribution in [0.15, 0.2) is 0 Å². The molecule has 0 aromatic carbocycles. The second-order valence-electron chi connectivity index (χ2n) is 3.58. The molecule has 1 N–H and O–H groups in total. The molecular weight excluding hydrogens is 166 g/mol. The smallest absolute Gasteiger partial charge is 0.0866 e. The maximum absolute atomic E-state index is 9.17. The lowest BCUT2D eigenvalue weighted by Gasteiger charge is -2.33. The predicted molar refractivity (Wildman–Crippen MR) is 50.2 cm³/mol. The van der Waals surface area contributed by atoms with Crippen molar-refractivity contribution in [3.8, 4) is 6.07 Å². The van der Waals surface area contributed by atoms with Gasteiger partial charge in [0, 0.05) is 32.7 Å². The minimum absolute atomic E-state index is 0.248. The Kier molecular flexibility index (Phi) is 4.16. The van der Waals surface area contributed by atoms with Gasteiger partial charge in [0.05, 0.1) is 18.7 Å². The topological polar surface area (TPSA) is 50.5 Å². The van der Waals surface area contributed by atoms with Gasteiger partial charge in [-0.1, -0.05) is 0 Å². The van der Waals surface area contributed by atoms with Crippen molar-refractivity contribution in [3.05, 3.63) is 0 Å². The fourth-order valence-electron chi connectivity index (χ4n) is 1.60. The monoisotopic (exact) mass is 183 g/mol. The number of hydrogen-bond acceptors (Lipinski definition) is 4. The summed E-state index contributed by atoms with van der Waals surface area (Å²) in [6.07, 6.45) is -0.248. The molecule has 0 spiro atoms. The fraction of sp³-hybridized carbons (Fsp3) is 0.889. The summed E-state index contributed by atoms with van der Waals surface area (Å²) in [7, 11) is 0. The van der Waals surface area contributed by atoms with Crippen molar-refractivity contribution < 1.29 is 5.11 Å². The highest BCUT2D eigenvalue weighted by molar-refractivity contribution is 4.81. The Bertz CT molecular complexity index is 180. The summed E-state index contributed by atoms with van der Waals surface area (Å²) in [6.45, 7) is 6.91. The number of rotatable bonds is 3. The summed E-state index contributed by atoms with van der Waals surface area (Å²) in [5, 5.41) is 17.7. The average molecular weight is 183 g/mol. The normalized spacial score (nSPS) is 22.5. The van der Waals surface area contributed by atoms with Gasteiger partial charge >= 0.3 is 0 Å². The number of aliphatic hydroxyl groups excluding tert-OH is 1. The lowest BCUT2D eigenvalue weighted by Crippen LogP contribution is -2.48. The van der Waals surface area contributed by atoms with Crippen molar-refractivity contribution in [2.45, 2.75) is 13.0 Å². The van der Waals surface area contributed by atoms with Gasteiger partial charge in [-0.25, -0.2) is 0 Å². The number of nitrogens with zero attached hydrogens (tertiary/aromatic N) is 3. The van der Waals surface area contributed by atoms with Crippen LogP contribution in [0.1, 0.15) is 6.92 Å². The molecule has 0 aromatic heterocycles. The van der Waals surface area contributed by atoms with Crippen LogP contribution in [0.25, 0.3) is 0 Å². The molecule has 1 atom stereocenters. The largest absolute Gasteiger partial charge is 0.392 e. The van der Waals surface area contributed by atoms with E-state index in [1.807, 2.05) is 6.92 Å². The van der Waals surface area contributed by atoms with Crippen LogP contribution in [-0.4, -0.2) is 60.3 Å². The van der Waals surface area contributed by atoms with E-state index in [9.17, 15) is 0 Å². The molecule has 1 aliphatic heterocycles. The highest BCUT2D eigenvalue weighted by Gasteiger charge is 2.16. The van der Waals surface area contributed by atoms with E-state index in [1.54, 1.807) is 0 Å². The van der Waals surface area contributed by atoms with Gasteiger partial charge in [-0.15, -0.1) is 0 Å². The van der Waals surface area contributed by atoms with Crippen LogP contribution in [0.4, 0.5) is 0 Å². The van der Waals surface area contributed by atoms with Crippen LogP contribution in [0.3, 0.4) is 0 Å². The van der Waals surface area contributed by atoms with Crippen LogP contribution < -0.4 is 0 Å². The van der Waals surface area contributed by atoms with Crippen LogP contribution in [0.5, 0.6) is 0 Å². The summed E-state index contributed by atoms with van der Waals surface area (Å²) in [4.78, 5) is 4.37. The molecule has 0 bridgehead atoms. The third-order valence-electron chi connectivity index (χ3n) is 2.28. The summed E-state index contributed by atoms with van der Waals surface area (Å²) in [5.41, 5.74) is 0. The summed E-state index contributed by atoms with van der Waals surface area (Å²) in [6, 6.07) is 2.15. The summed E-state index contributed by atoms with van der Waals surface area (Å²) >= 11 is 0. The molecule has 0 radical (unpaired) electrons. The summed E-state index contributed by atoms with van der Waals surface area (Å²) < 4.78 is 0. The van der Waals surface area contributed by atoms with Gasteiger partial charge in [-0.05, 0) is 6.92 Å². The number of nitriles is 1. The number of aliphatic hydroxyl groups is 1. The lowest BCUT2D eigenvalue weighted by atomic mass is 10.3. The van der Waals surface area contributed by atoms with E-state index in [4.69, 9.17) is 10.4 Å². The lowest BCUT2D eigenvalue weighted by molar-refractivity contribution is 0.0856. The molecule has 74 valence electrons. The zero-order valence-electron chi connectivity index (χ0n) is 8.11. The van der Waals surface area contributed by atoms with Gasteiger partial charge in [0.2, 0.25) is 0 Å². The highest BCUT2D eigenvalue weighted by Crippen LogP contribution is 2.01. The van der Waals surface area contributed by atoms with Crippen molar-refractivity contribution in [2.75, 3.05) is 39.3 Å². The van der Waals surface area contributed by atoms with Crippen LogP contribution in [0.2, 0.25) is 0 Å². The molecule has 4 nitrogen and oxygen atoms in total. The molecule has 1 saturated heterocycles. The number of β-amino-alcohol motifs (C(OH)–C–C–N with tert-alkyl or cyclic N) is 1. The second kappa shape index (κ2) is 5.18. The van der Waals surface area contributed by atoms with Crippen molar-refractivity contribution in [1.82, 2.24) is 9.80 Å². The predicted octanol–water partition coefficient (Wildman–Crippen LogP) is -0.492. The molecule has 1 fully saturated rings.